The van der Waals surface area contributed by atoms with E-state index >= 15 is 0 Å². The molecule has 0 unspecified atom stereocenters. The number of benzene rings is 2. The summed E-state index contributed by atoms with van der Waals surface area (Å²) >= 11 is 6.46. The Morgan fingerprint density at radius 2 is 2.08 bits per heavy atom. The summed E-state index contributed by atoms with van der Waals surface area (Å²) in [5, 5.41) is 3.70. The lowest BCUT2D eigenvalue weighted by molar-refractivity contribution is 0.387. The summed E-state index contributed by atoms with van der Waals surface area (Å²) in [4.78, 5) is 6.39. The molecular formula is C18H21ClFN3O. The zero-order chi connectivity index (χ0) is 17.7. The first-order valence-corrected chi connectivity index (χ1v) is 7.97. The molecule has 24 heavy (non-hydrogen) atoms. The van der Waals surface area contributed by atoms with Gasteiger partial charge in [0, 0.05) is 25.3 Å². The van der Waals surface area contributed by atoms with Gasteiger partial charge in [0.1, 0.15) is 0 Å². The minimum Gasteiger partial charge on any atom is -0.494 e. The summed E-state index contributed by atoms with van der Waals surface area (Å²) < 4.78 is 18.5. The lowest BCUT2D eigenvalue weighted by atomic mass is 10.2. The molecule has 0 aromatic heterocycles. The molecule has 0 atom stereocenters. The molecule has 0 fully saturated rings. The van der Waals surface area contributed by atoms with Crippen LogP contribution in [0.25, 0.3) is 0 Å². The monoisotopic (exact) mass is 349 g/mol. The Kier molecular flexibility index (Phi) is 6.04. The van der Waals surface area contributed by atoms with Crippen molar-refractivity contribution >= 4 is 35.0 Å². The molecule has 0 spiro atoms. The summed E-state index contributed by atoms with van der Waals surface area (Å²) in [6.07, 6.45) is 1.74. The topological polar surface area (TPSA) is 36.9 Å². The SMILES string of the molecule is CCN(C)C=Nc1cc(C)cc(Nc2ccc(F)c(OC)c2)c1Cl. The Hall–Kier alpha value is -2.27. The molecule has 0 radical (unpaired) electrons. The molecule has 128 valence electrons. The Morgan fingerprint density at radius 1 is 1.33 bits per heavy atom. The molecule has 0 aliphatic heterocycles. The van der Waals surface area contributed by atoms with Crippen molar-refractivity contribution in [2.75, 3.05) is 26.0 Å². The van der Waals surface area contributed by atoms with Crippen molar-refractivity contribution in [3.8, 4) is 5.75 Å². The Labute approximate surface area is 146 Å². The molecule has 6 heteroatoms. The van der Waals surface area contributed by atoms with Gasteiger partial charge in [0.25, 0.3) is 0 Å². The predicted octanol–water partition coefficient (Wildman–Crippen LogP) is 5.15. The molecule has 1 N–H and O–H groups in total. The second kappa shape index (κ2) is 8.02. The highest BCUT2D eigenvalue weighted by molar-refractivity contribution is 6.36. The lowest BCUT2D eigenvalue weighted by Gasteiger charge is -2.13. The molecule has 2 rings (SSSR count). The van der Waals surface area contributed by atoms with Crippen LogP contribution in [0.2, 0.25) is 5.02 Å². The van der Waals surface area contributed by atoms with Gasteiger partial charge in [-0.05, 0) is 43.7 Å². The normalized spacial score (nSPS) is 10.9. The van der Waals surface area contributed by atoms with Crippen LogP contribution in [0, 0.1) is 12.7 Å². The first kappa shape index (κ1) is 18.1. The first-order valence-electron chi connectivity index (χ1n) is 7.59. The minimum absolute atomic E-state index is 0.173. The van der Waals surface area contributed by atoms with Crippen molar-refractivity contribution in [3.63, 3.8) is 0 Å². The van der Waals surface area contributed by atoms with Crippen LogP contribution < -0.4 is 10.1 Å². The fourth-order valence-electron chi connectivity index (χ4n) is 2.07. The molecule has 0 saturated heterocycles. The van der Waals surface area contributed by atoms with Gasteiger partial charge in [-0.2, -0.15) is 0 Å². The fourth-order valence-corrected chi connectivity index (χ4v) is 2.28. The molecule has 0 bridgehead atoms. The van der Waals surface area contributed by atoms with Gasteiger partial charge < -0.3 is 15.0 Å². The standard InChI is InChI=1S/C18H21ClFN3O/c1-5-23(3)11-21-15-8-12(2)9-16(18(15)19)22-13-6-7-14(20)17(10-13)24-4/h6-11,22H,5H2,1-4H3. The van der Waals surface area contributed by atoms with E-state index in [0.717, 1.165) is 12.1 Å². The van der Waals surface area contributed by atoms with Crippen LogP contribution in [0.4, 0.5) is 21.5 Å². The van der Waals surface area contributed by atoms with E-state index in [1.807, 2.05) is 37.9 Å². The van der Waals surface area contributed by atoms with Crippen molar-refractivity contribution in [2.45, 2.75) is 13.8 Å². The van der Waals surface area contributed by atoms with E-state index in [0.29, 0.717) is 22.1 Å². The molecule has 0 aliphatic carbocycles. The Morgan fingerprint density at radius 3 is 2.75 bits per heavy atom. The lowest BCUT2D eigenvalue weighted by Crippen LogP contribution is -2.14. The first-order chi connectivity index (χ1) is 11.4. The van der Waals surface area contributed by atoms with E-state index in [1.54, 1.807) is 18.5 Å². The molecule has 0 saturated carbocycles. The van der Waals surface area contributed by atoms with E-state index in [4.69, 9.17) is 16.3 Å². The van der Waals surface area contributed by atoms with Crippen molar-refractivity contribution in [2.24, 2.45) is 4.99 Å². The van der Waals surface area contributed by atoms with Crippen molar-refractivity contribution < 1.29 is 9.13 Å². The van der Waals surface area contributed by atoms with Crippen LogP contribution in [-0.2, 0) is 0 Å². The van der Waals surface area contributed by atoms with Gasteiger partial charge in [0.2, 0.25) is 0 Å². The van der Waals surface area contributed by atoms with Crippen LogP contribution in [0.5, 0.6) is 5.75 Å². The van der Waals surface area contributed by atoms with Gasteiger partial charge in [-0.25, -0.2) is 9.38 Å². The Balaban J connectivity index is 2.34. The second-order valence-corrected chi connectivity index (χ2v) is 5.82. The quantitative estimate of drug-likeness (QED) is 0.578. The maximum Gasteiger partial charge on any atom is 0.165 e. The third-order valence-corrected chi connectivity index (χ3v) is 3.92. The second-order valence-electron chi connectivity index (χ2n) is 5.44. The molecule has 2 aromatic rings. The van der Waals surface area contributed by atoms with Crippen molar-refractivity contribution in [1.29, 1.82) is 0 Å². The summed E-state index contributed by atoms with van der Waals surface area (Å²) in [5.41, 5.74) is 3.08. The van der Waals surface area contributed by atoms with Crippen LogP contribution in [0.3, 0.4) is 0 Å². The van der Waals surface area contributed by atoms with Gasteiger partial charge in [0.05, 0.1) is 29.8 Å². The highest BCUT2D eigenvalue weighted by Gasteiger charge is 2.09. The number of anilines is 2. The number of hydrogen-bond acceptors (Lipinski definition) is 3. The maximum absolute atomic E-state index is 13.5. The van der Waals surface area contributed by atoms with Crippen LogP contribution in [-0.4, -0.2) is 31.9 Å². The third-order valence-electron chi connectivity index (χ3n) is 3.52. The van der Waals surface area contributed by atoms with E-state index < -0.39 is 5.82 Å². The Bertz CT molecular complexity index is 749. The molecule has 0 aliphatic rings. The van der Waals surface area contributed by atoms with Gasteiger partial charge >= 0.3 is 0 Å². The van der Waals surface area contributed by atoms with Crippen molar-refractivity contribution in [1.82, 2.24) is 4.90 Å². The number of nitrogens with one attached hydrogen (secondary N) is 1. The highest BCUT2D eigenvalue weighted by Crippen LogP contribution is 2.36. The minimum atomic E-state index is -0.411. The maximum atomic E-state index is 13.5. The largest absolute Gasteiger partial charge is 0.494 e. The summed E-state index contributed by atoms with van der Waals surface area (Å²) in [5.74, 6) is -0.238. The van der Waals surface area contributed by atoms with Crippen molar-refractivity contribution in [3.05, 3.63) is 46.7 Å². The number of hydrogen-bond donors (Lipinski definition) is 1. The zero-order valence-corrected chi connectivity index (χ0v) is 15.0. The zero-order valence-electron chi connectivity index (χ0n) is 14.2. The number of aryl methyl sites for hydroxylation is 1. The molecule has 2 aromatic carbocycles. The average Bonchev–Trinajstić information content (AvgIpc) is 2.57. The van der Waals surface area contributed by atoms with Crippen LogP contribution in [0.15, 0.2) is 35.3 Å². The van der Waals surface area contributed by atoms with Crippen LogP contribution in [0.1, 0.15) is 12.5 Å². The third kappa shape index (κ3) is 4.38. The number of aliphatic imine (C=N–C) groups is 1. The fraction of sp³-hybridized carbons (Fsp3) is 0.278. The number of rotatable bonds is 6. The highest BCUT2D eigenvalue weighted by atomic mass is 35.5. The molecule has 0 heterocycles. The average molecular weight is 350 g/mol. The molecular weight excluding hydrogens is 329 g/mol. The predicted molar refractivity (Wildman–Crippen MR) is 98.9 cm³/mol. The van der Waals surface area contributed by atoms with Gasteiger partial charge in [-0.15, -0.1) is 0 Å². The van der Waals surface area contributed by atoms with Gasteiger partial charge in [-0.1, -0.05) is 11.6 Å². The van der Waals surface area contributed by atoms with E-state index in [1.165, 1.54) is 13.2 Å². The number of nitrogens with zero attached hydrogens (tertiary/aromatic N) is 2. The van der Waals surface area contributed by atoms with Gasteiger partial charge in [-0.3, -0.25) is 0 Å². The summed E-state index contributed by atoms with van der Waals surface area (Å²) in [7, 11) is 3.37. The van der Waals surface area contributed by atoms with Gasteiger partial charge in [0.15, 0.2) is 11.6 Å². The van der Waals surface area contributed by atoms with E-state index in [9.17, 15) is 4.39 Å². The van der Waals surface area contributed by atoms with E-state index in [-0.39, 0.29) is 5.75 Å². The number of methoxy groups -OCH3 is 1. The summed E-state index contributed by atoms with van der Waals surface area (Å²) in [6, 6.07) is 8.39. The summed E-state index contributed by atoms with van der Waals surface area (Å²) in [6.45, 7) is 4.86. The van der Waals surface area contributed by atoms with E-state index in [2.05, 4.69) is 10.3 Å². The van der Waals surface area contributed by atoms with Crippen LogP contribution >= 0.6 is 11.6 Å². The molecule has 4 nitrogen and oxygen atoms in total. The number of ether oxygens (including phenoxy) is 1. The molecule has 0 amide bonds. The number of halogens is 2. The smallest absolute Gasteiger partial charge is 0.165 e.